The summed E-state index contributed by atoms with van der Waals surface area (Å²) < 4.78 is 1.39. The minimum Gasteiger partial charge on any atom is -0.338 e. The summed E-state index contributed by atoms with van der Waals surface area (Å²) in [7, 11) is 1.63. The SMILES string of the molecule is Cn1cnc2ccc(NC(=O)[C@@H]3CC(=O)N(Cc4ccccc4)C3)cc2c1=O. The van der Waals surface area contributed by atoms with Gasteiger partial charge in [0.25, 0.3) is 5.56 Å². The monoisotopic (exact) mass is 376 g/mol. The van der Waals surface area contributed by atoms with Crippen molar-refractivity contribution in [2.75, 3.05) is 11.9 Å². The molecular formula is C21H20N4O3. The molecule has 0 unspecified atom stereocenters. The molecule has 28 heavy (non-hydrogen) atoms. The molecule has 2 heterocycles. The van der Waals surface area contributed by atoms with Crippen LogP contribution in [-0.4, -0.2) is 32.8 Å². The molecule has 1 atom stereocenters. The van der Waals surface area contributed by atoms with E-state index < -0.39 is 5.92 Å². The van der Waals surface area contributed by atoms with Gasteiger partial charge < -0.3 is 14.8 Å². The smallest absolute Gasteiger partial charge is 0.260 e. The fourth-order valence-corrected chi connectivity index (χ4v) is 3.44. The number of aryl methyl sites for hydroxylation is 1. The molecule has 2 aromatic carbocycles. The Bertz CT molecular complexity index is 1110. The quantitative estimate of drug-likeness (QED) is 0.754. The number of anilines is 1. The van der Waals surface area contributed by atoms with E-state index in [1.165, 1.54) is 10.9 Å². The third-order valence-corrected chi connectivity index (χ3v) is 4.99. The van der Waals surface area contributed by atoms with Crippen molar-refractivity contribution in [2.24, 2.45) is 13.0 Å². The van der Waals surface area contributed by atoms with Crippen LogP contribution < -0.4 is 10.9 Å². The number of fused-ring (bicyclic) bond motifs is 1. The third-order valence-electron chi connectivity index (χ3n) is 4.99. The number of nitrogens with zero attached hydrogens (tertiary/aromatic N) is 3. The first-order chi connectivity index (χ1) is 13.5. The molecule has 4 rings (SSSR count). The standard InChI is InChI=1S/C21H20N4O3/c1-24-13-22-18-8-7-16(10-17(18)21(24)28)23-20(27)15-9-19(26)25(12-15)11-14-5-3-2-4-6-14/h2-8,10,13,15H,9,11-12H2,1H3,(H,23,27)/t15-/m1/s1. The van der Waals surface area contributed by atoms with E-state index in [9.17, 15) is 14.4 Å². The number of nitrogens with one attached hydrogen (secondary N) is 1. The predicted molar refractivity (Wildman–Crippen MR) is 106 cm³/mol. The van der Waals surface area contributed by atoms with Gasteiger partial charge in [0.15, 0.2) is 0 Å². The molecule has 1 fully saturated rings. The first-order valence-electron chi connectivity index (χ1n) is 9.09. The lowest BCUT2D eigenvalue weighted by Crippen LogP contribution is -2.28. The van der Waals surface area contributed by atoms with Gasteiger partial charge in [-0.1, -0.05) is 30.3 Å². The summed E-state index contributed by atoms with van der Waals surface area (Å²) in [4.78, 5) is 43.1. The summed E-state index contributed by atoms with van der Waals surface area (Å²) in [5.74, 6) is -0.659. The summed E-state index contributed by atoms with van der Waals surface area (Å²) in [5, 5.41) is 3.27. The van der Waals surface area contributed by atoms with Crippen LogP contribution in [0.2, 0.25) is 0 Å². The zero-order valence-electron chi connectivity index (χ0n) is 15.5. The molecule has 1 N–H and O–H groups in total. The molecule has 7 nitrogen and oxygen atoms in total. The van der Waals surface area contributed by atoms with Gasteiger partial charge in [0.05, 0.1) is 23.1 Å². The van der Waals surface area contributed by atoms with Crippen LogP contribution in [0.4, 0.5) is 5.69 Å². The van der Waals surface area contributed by atoms with E-state index in [2.05, 4.69) is 10.3 Å². The fraction of sp³-hybridized carbons (Fsp3) is 0.238. The third kappa shape index (κ3) is 3.51. The molecule has 7 heteroatoms. The second-order valence-electron chi connectivity index (χ2n) is 7.04. The first kappa shape index (κ1) is 17.9. The molecule has 0 aliphatic carbocycles. The van der Waals surface area contributed by atoms with Crippen LogP contribution in [0.25, 0.3) is 10.9 Å². The van der Waals surface area contributed by atoms with Crippen LogP contribution in [0.1, 0.15) is 12.0 Å². The van der Waals surface area contributed by atoms with E-state index in [1.54, 1.807) is 30.1 Å². The number of carbonyl (C=O) groups is 2. The first-order valence-corrected chi connectivity index (χ1v) is 9.09. The number of rotatable bonds is 4. The highest BCUT2D eigenvalue weighted by Crippen LogP contribution is 2.22. The molecule has 142 valence electrons. The average Bonchev–Trinajstić information content (AvgIpc) is 3.06. The Labute approximate surface area is 161 Å². The summed E-state index contributed by atoms with van der Waals surface area (Å²) in [6.07, 6.45) is 1.66. The van der Waals surface area contributed by atoms with E-state index in [-0.39, 0.29) is 23.8 Å². The molecule has 0 saturated carbocycles. The lowest BCUT2D eigenvalue weighted by molar-refractivity contribution is -0.128. The highest BCUT2D eigenvalue weighted by Gasteiger charge is 2.34. The maximum Gasteiger partial charge on any atom is 0.260 e. The molecule has 1 saturated heterocycles. The molecule has 2 amide bonds. The molecule has 1 aliphatic rings. The summed E-state index contributed by atoms with van der Waals surface area (Å²) >= 11 is 0. The predicted octanol–water partition coefficient (Wildman–Crippen LogP) is 1.92. The minimum absolute atomic E-state index is 0.0272. The number of aromatic nitrogens is 2. The maximum absolute atomic E-state index is 12.7. The van der Waals surface area contributed by atoms with Crippen molar-refractivity contribution in [2.45, 2.75) is 13.0 Å². The van der Waals surface area contributed by atoms with Gasteiger partial charge in [-0.15, -0.1) is 0 Å². The Morgan fingerprint density at radius 1 is 1.18 bits per heavy atom. The Morgan fingerprint density at radius 3 is 2.75 bits per heavy atom. The zero-order valence-corrected chi connectivity index (χ0v) is 15.5. The second kappa shape index (κ2) is 7.26. The van der Waals surface area contributed by atoms with Crippen LogP contribution in [0.3, 0.4) is 0 Å². The number of benzene rings is 2. The van der Waals surface area contributed by atoms with Gasteiger partial charge in [-0.3, -0.25) is 14.4 Å². The number of carbonyl (C=O) groups excluding carboxylic acids is 2. The Kier molecular flexibility index (Phi) is 4.65. The highest BCUT2D eigenvalue weighted by atomic mass is 16.2. The van der Waals surface area contributed by atoms with Crippen molar-refractivity contribution in [1.82, 2.24) is 14.5 Å². The van der Waals surface area contributed by atoms with Gasteiger partial charge in [0.2, 0.25) is 11.8 Å². The van der Waals surface area contributed by atoms with Crippen LogP contribution in [-0.2, 0) is 23.2 Å². The van der Waals surface area contributed by atoms with Crippen molar-refractivity contribution in [3.8, 4) is 0 Å². The minimum atomic E-state index is -0.413. The highest BCUT2D eigenvalue weighted by molar-refractivity contribution is 5.98. The lowest BCUT2D eigenvalue weighted by atomic mass is 10.1. The van der Waals surface area contributed by atoms with Crippen LogP contribution in [0.5, 0.6) is 0 Å². The van der Waals surface area contributed by atoms with E-state index in [4.69, 9.17) is 0 Å². The maximum atomic E-state index is 12.7. The molecule has 0 spiro atoms. The van der Waals surface area contributed by atoms with Gasteiger partial charge in [0, 0.05) is 32.2 Å². The number of hydrogen-bond acceptors (Lipinski definition) is 4. The molecule has 0 radical (unpaired) electrons. The second-order valence-corrected chi connectivity index (χ2v) is 7.04. The summed E-state index contributed by atoms with van der Waals surface area (Å²) in [5.41, 5.74) is 1.96. The molecular weight excluding hydrogens is 356 g/mol. The van der Waals surface area contributed by atoms with Gasteiger partial charge in [-0.25, -0.2) is 4.98 Å². The van der Waals surface area contributed by atoms with Crippen LogP contribution in [0, 0.1) is 5.92 Å². The van der Waals surface area contributed by atoms with E-state index in [0.717, 1.165) is 5.56 Å². The Morgan fingerprint density at radius 2 is 1.96 bits per heavy atom. The van der Waals surface area contributed by atoms with Crippen molar-refractivity contribution in [1.29, 1.82) is 0 Å². The van der Waals surface area contributed by atoms with E-state index in [1.807, 2.05) is 30.3 Å². The van der Waals surface area contributed by atoms with E-state index in [0.29, 0.717) is 29.7 Å². The fourth-order valence-electron chi connectivity index (χ4n) is 3.44. The Hall–Kier alpha value is -3.48. The Balaban J connectivity index is 1.47. The zero-order chi connectivity index (χ0) is 19.7. The number of hydrogen-bond donors (Lipinski definition) is 1. The van der Waals surface area contributed by atoms with Crippen LogP contribution >= 0.6 is 0 Å². The number of likely N-dealkylation sites (tertiary alicyclic amines) is 1. The number of amides is 2. The molecule has 0 bridgehead atoms. The molecule has 3 aromatic rings. The normalized spacial score (nSPS) is 16.5. The van der Waals surface area contributed by atoms with Gasteiger partial charge in [-0.05, 0) is 23.8 Å². The average molecular weight is 376 g/mol. The summed E-state index contributed by atoms with van der Waals surface area (Å²) in [6.45, 7) is 0.887. The molecule has 1 aliphatic heterocycles. The lowest BCUT2D eigenvalue weighted by Gasteiger charge is -2.16. The van der Waals surface area contributed by atoms with Crippen molar-refractivity contribution < 1.29 is 9.59 Å². The van der Waals surface area contributed by atoms with Gasteiger partial charge in [0.1, 0.15) is 0 Å². The summed E-state index contributed by atoms with van der Waals surface area (Å²) in [6, 6.07) is 14.8. The largest absolute Gasteiger partial charge is 0.338 e. The van der Waals surface area contributed by atoms with Gasteiger partial charge >= 0.3 is 0 Å². The molecule has 1 aromatic heterocycles. The van der Waals surface area contributed by atoms with Crippen molar-refractivity contribution >= 4 is 28.4 Å². The van der Waals surface area contributed by atoms with Crippen LogP contribution in [0.15, 0.2) is 59.7 Å². The van der Waals surface area contributed by atoms with Gasteiger partial charge in [-0.2, -0.15) is 0 Å². The van der Waals surface area contributed by atoms with E-state index >= 15 is 0 Å². The topological polar surface area (TPSA) is 84.3 Å². The van der Waals surface area contributed by atoms with Crippen molar-refractivity contribution in [3.05, 3.63) is 70.8 Å². The van der Waals surface area contributed by atoms with Crippen molar-refractivity contribution in [3.63, 3.8) is 0 Å².